The minimum absolute atomic E-state index is 0.109. The summed E-state index contributed by atoms with van der Waals surface area (Å²) in [4.78, 5) is 14.8. The first kappa shape index (κ1) is 19.7. The van der Waals surface area contributed by atoms with Gasteiger partial charge in [-0.3, -0.25) is 4.79 Å². The van der Waals surface area contributed by atoms with E-state index in [1.807, 2.05) is 6.92 Å². The molecular formula is C18H33N3O2. The van der Waals surface area contributed by atoms with Crippen LogP contribution in [-0.4, -0.2) is 42.1 Å². The second kappa shape index (κ2) is 9.71. The molecule has 0 bridgehead atoms. The molecule has 1 aromatic rings. The van der Waals surface area contributed by atoms with Crippen molar-refractivity contribution >= 4 is 5.91 Å². The van der Waals surface area contributed by atoms with Crippen LogP contribution in [0.4, 0.5) is 0 Å². The number of aryl methyl sites for hydroxylation is 1. The highest BCUT2D eigenvalue weighted by molar-refractivity contribution is 5.92. The zero-order valence-electron chi connectivity index (χ0n) is 15.4. The maximum Gasteiger partial charge on any atom is 0.273 e. The number of hydrogen-bond donors (Lipinski definition) is 1. The smallest absolute Gasteiger partial charge is 0.273 e. The van der Waals surface area contributed by atoms with Gasteiger partial charge in [-0.15, -0.1) is 0 Å². The van der Waals surface area contributed by atoms with Gasteiger partial charge in [-0.2, -0.15) is 0 Å². The Morgan fingerprint density at radius 1 is 1.26 bits per heavy atom. The molecule has 0 aromatic carbocycles. The summed E-state index contributed by atoms with van der Waals surface area (Å²) in [6.45, 7) is 14.7. The maximum atomic E-state index is 12.3. The van der Waals surface area contributed by atoms with Crippen LogP contribution in [0.2, 0.25) is 0 Å². The van der Waals surface area contributed by atoms with Crippen molar-refractivity contribution in [1.29, 1.82) is 0 Å². The second-order valence-electron chi connectivity index (χ2n) is 6.29. The van der Waals surface area contributed by atoms with Crippen molar-refractivity contribution in [2.75, 3.05) is 26.2 Å². The average Bonchev–Trinajstić information content (AvgIpc) is 3.07. The van der Waals surface area contributed by atoms with Crippen LogP contribution in [-0.2, 0) is 6.42 Å². The van der Waals surface area contributed by atoms with E-state index in [1.54, 1.807) is 6.07 Å². The highest BCUT2D eigenvalue weighted by atomic mass is 16.5. The average molecular weight is 323 g/mol. The van der Waals surface area contributed by atoms with Gasteiger partial charge in [-0.05, 0) is 37.8 Å². The quantitative estimate of drug-likeness (QED) is 0.677. The van der Waals surface area contributed by atoms with Gasteiger partial charge in [0.05, 0.1) is 0 Å². The summed E-state index contributed by atoms with van der Waals surface area (Å²) in [5, 5.41) is 6.91. The van der Waals surface area contributed by atoms with Gasteiger partial charge < -0.3 is 14.7 Å². The molecule has 5 nitrogen and oxygen atoms in total. The number of nitrogens with one attached hydrogen (secondary N) is 1. The van der Waals surface area contributed by atoms with Crippen molar-refractivity contribution in [2.45, 2.75) is 60.3 Å². The van der Waals surface area contributed by atoms with E-state index in [0.717, 1.165) is 51.1 Å². The SMILES string of the molecule is CCCN(CC)CC(CC)(CC)CNC(=O)c1cc(CC)on1. The van der Waals surface area contributed by atoms with Crippen LogP contribution in [0.1, 0.15) is 70.1 Å². The molecule has 1 N–H and O–H groups in total. The molecule has 1 amide bonds. The highest BCUT2D eigenvalue weighted by Gasteiger charge is 2.29. The van der Waals surface area contributed by atoms with Gasteiger partial charge in [0.2, 0.25) is 0 Å². The fourth-order valence-electron chi connectivity index (χ4n) is 2.86. The third kappa shape index (κ3) is 5.65. The van der Waals surface area contributed by atoms with Crippen LogP contribution in [0.5, 0.6) is 0 Å². The topological polar surface area (TPSA) is 58.4 Å². The van der Waals surface area contributed by atoms with Gasteiger partial charge >= 0.3 is 0 Å². The van der Waals surface area contributed by atoms with Gasteiger partial charge in [0.25, 0.3) is 5.91 Å². The Hall–Kier alpha value is -1.36. The molecule has 0 saturated heterocycles. The standard InChI is InChI=1S/C18H33N3O2/c1-6-11-21(10-5)14-18(8-3,9-4)13-19-17(22)16-12-15(7-2)23-20-16/h12H,6-11,13-14H2,1-5H3,(H,19,22). The lowest BCUT2D eigenvalue weighted by Crippen LogP contribution is -2.45. The van der Waals surface area contributed by atoms with E-state index >= 15 is 0 Å². The van der Waals surface area contributed by atoms with Gasteiger partial charge in [0, 0.05) is 25.6 Å². The monoisotopic (exact) mass is 323 g/mol. The third-order valence-electron chi connectivity index (χ3n) is 4.81. The molecular weight excluding hydrogens is 290 g/mol. The van der Waals surface area contributed by atoms with Crippen LogP contribution in [0, 0.1) is 5.41 Å². The first-order valence-corrected chi connectivity index (χ1v) is 9.00. The zero-order chi connectivity index (χ0) is 17.3. The lowest BCUT2D eigenvalue weighted by atomic mass is 9.81. The summed E-state index contributed by atoms with van der Waals surface area (Å²) >= 11 is 0. The summed E-state index contributed by atoms with van der Waals surface area (Å²) in [6, 6.07) is 1.73. The molecule has 1 rings (SSSR count). The first-order chi connectivity index (χ1) is 11.0. The molecule has 0 fully saturated rings. The van der Waals surface area contributed by atoms with Crippen molar-refractivity contribution in [1.82, 2.24) is 15.4 Å². The molecule has 0 saturated carbocycles. The molecule has 0 aliphatic rings. The predicted octanol–water partition coefficient (Wildman–Crippen LogP) is 3.51. The normalized spacial score (nSPS) is 11.9. The fourth-order valence-corrected chi connectivity index (χ4v) is 2.86. The Bertz CT molecular complexity index is 467. The fraction of sp³-hybridized carbons (Fsp3) is 0.778. The minimum Gasteiger partial charge on any atom is -0.361 e. The Balaban J connectivity index is 2.68. The van der Waals surface area contributed by atoms with Crippen molar-refractivity contribution in [3.8, 4) is 0 Å². The number of amides is 1. The second-order valence-corrected chi connectivity index (χ2v) is 6.29. The maximum absolute atomic E-state index is 12.3. The third-order valence-corrected chi connectivity index (χ3v) is 4.81. The Kier molecular flexibility index (Phi) is 8.31. The first-order valence-electron chi connectivity index (χ1n) is 9.00. The zero-order valence-corrected chi connectivity index (χ0v) is 15.4. The van der Waals surface area contributed by atoms with Crippen molar-refractivity contribution in [3.63, 3.8) is 0 Å². The summed E-state index contributed by atoms with van der Waals surface area (Å²) in [5.41, 5.74) is 0.488. The highest BCUT2D eigenvalue weighted by Crippen LogP contribution is 2.27. The molecule has 5 heteroatoms. The molecule has 0 atom stereocenters. The molecule has 1 aromatic heterocycles. The number of aromatic nitrogens is 1. The van der Waals surface area contributed by atoms with Gasteiger partial charge in [0.1, 0.15) is 5.76 Å². The van der Waals surface area contributed by atoms with Crippen LogP contribution < -0.4 is 5.32 Å². The minimum atomic E-state index is -0.140. The Morgan fingerprint density at radius 2 is 1.96 bits per heavy atom. The number of hydrogen-bond acceptors (Lipinski definition) is 4. The Morgan fingerprint density at radius 3 is 2.43 bits per heavy atom. The molecule has 1 heterocycles. The largest absolute Gasteiger partial charge is 0.361 e. The van der Waals surface area contributed by atoms with Crippen LogP contribution in [0.25, 0.3) is 0 Å². The van der Waals surface area contributed by atoms with E-state index < -0.39 is 0 Å². The number of rotatable bonds is 11. The van der Waals surface area contributed by atoms with E-state index in [0.29, 0.717) is 12.2 Å². The van der Waals surface area contributed by atoms with Gasteiger partial charge in [-0.1, -0.05) is 39.8 Å². The van der Waals surface area contributed by atoms with Gasteiger partial charge in [0.15, 0.2) is 5.69 Å². The molecule has 0 aliphatic carbocycles. The molecule has 0 radical (unpaired) electrons. The Labute approximate surface area is 140 Å². The van der Waals surface area contributed by atoms with Crippen molar-refractivity contribution in [2.24, 2.45) is 5.41 Å². The molecule has 0 unspecified atom stereocenters. The van der Waals surface area contributed by atoms with Crippen molar-refractivity contribution in [3.05, 3.63) is 17.5 Å². The number of carbonyl (C=O) groups is 1. The summed E-state index contributed by atoms with van der Waals surface area (Å²) in [6.07, 6.45) is 3.99. The van der Waals surface area contributed by atoms with Crippen LogP contribution in [0.15, 0.2) is 10.6 Å². The van der Waals surface area contributed by atoms with Crippen LogP contribution in [0.3, 0.4) is 0 Å². The van der Waals surface area contributed by atoms with E-state index in [-0.39, 0.29) is 11.3 Å². The number of nitrogens with zero attached hydrogens (tertiary/aromatic N) is 2. The van der Waals surface area contributed by atoms with Gasteiger partial charge in [-0.25, -0.2) is 0 Å². The summed E-state index contributed by atoms with van der Waals surface area (Å²) < 4.78 is 5.11. The summed E-state index contributed by atoms with van der Waals surface area (Å²) in [7, 11) is 0. The van der Waals surface area contributed by atoms with E-state index in [1.165, 1.54) is 0 Å². The molecule has 132 valence electrons. The predicted molar refractivity (Wildman–Crippen MR) is 93.6 cm³/mol. The lowest BCUT2D eigenvalue weighted by Gasteiger charge is -2.37. The molecule has 0 spiro atoms. The van der Waals surface area contributed by atoms with E-state index in [4.69, 9.17) is 4.52 Å². The lowest BCUT2D eigenvalue weighted by molar-refractivity contribution is 0.0882. The van der Waals surface area contributed by atoms with E-state index in [9.17, 15) is 4.79 Å². The number of carbonyl (C=O) groups excluding carboxylic acids is 1. The molecule has 23 heavy (non-hydrogen) atoms. The summed E-state index contributed by atoms with van der Waals surface area (Å²) in [5.74, 6) is 0.603. The van der Waals surface area contributed by atoms with Crippen molar-refractivity contribution < 1.29 is 9.32 Å². The van der Waals surface area contributed by atoms with Crippen LogP contribution >= 0.6 is 0 Å². The van der Waals surface area contributed by atoms with E-state index in [2.05, 4.69) is 43.1 Å². The molecule has 0 aliphatic heterocycles.